The Kier molecular flexibility index (Phi) is 5.58. The number of allylic oxidation sites excluding steroid dienone is 1. The second-order valence-electron chi connectivity index (χ2n) is 5.77. The first-order valence-electron chi connectivity index (χ1n) is 7.90. The number of rotatable bonds is 8. The fourth-order valence-corrected chi connectivity index (χ4v) is 3.36. The highest BCUT2D eigenvalue weighted by Gasteiger charge is 2.30. The number of amides is 1. The number of halogens is 1. The number of benzene rings is 1. The molecule has 1 fully saturated rings. The average molecular weight is 394 g/mol. The Morgan fingerprint density at radius 1 is 1.50 bits per heavy atom. The molecule has 0 spiro atoms. The van der Waals surface area contributed by atoms with Gasteiger partial charge in [-0.2, -0.15) is 0 Å². The van der Waals surface area contributed by atoms with E-state index in [-0.39, 0.29) is 22.4 Å². The van der Waals surface area contributed by atoms with Gasteiger partial charge >= 0.3 is 0 Å². The van der Waals surface area contributed by atoms with Crippen LogP contribution in [-0.4, -0.2) is 31.3 Å². The van der Waals surface area contributed by atoms with Crippen molar-refractivity contribution in [2.75, 3.05) is 11.1 Å². The predicted octanol–water partition coefficient (Wildman–Crippen LogP) is 3.63. The van der Waals surface area contributed by atoms with Crippen LogP contribution >= 0.6 is 23.4 Å². The molecular weight excluding hydrogens is 378 g/mol. The van der Waals surface area contributed by atoms with Gasteiger partial charge in [0.25, 0.3) is 5.69 Å². The minimum Gasteiger partial charge on any atom is -0.324 e. The zero-order chi connectivity index (χ0) is 18.7. The molecule has 1 N–H and O–H groups in total. The molecule has 1 heterocycles. The Labute approximate surface area is 158 Å². The highest BCUT2D eigenvalue weighted by molar-refractivity contribution is 7.99. The van der Waals surface area contributed by atoms with E-state index in [2.05, 4.69) is 22.1 Å². The van der Waals surface area contributed by atoms with E-state index in [4.69, 9.17) is 11.6 Å². The molecule has 0 unspecified atom stereocenters. The third kappa shape index (κ3) is 4.23. The minimum atomic E-state index is -0.544. The van der Waals surface area contributed by atoms with Crippen molar-refractivity contribution in [3.05, 3.63) is 51.8 Å². The second kappa shape index (κ2) is 7.88. The number of aromatic nitrogens is 3. The molecule has 0 radical (unpaired) electrons. The molecule has 26 heavy (non-hydrogen) atoms. The van der Waals surface area contributed by atoms with Crippen molar-refractivity contribution < 1.29 is 9.72 Å². The van der Waals surface area contributed by atoms with Gasteiger partial charge in [-0.05, 0) is 18.9 Å². The number of carbonyl (C=O) groups is 1. The van der Waals surface area contributed by atoms with Gasteiger partial charge in [-0.25, -0.2) is 0 Å². The summed E-state index contributed by atoms with van der Waals surface area (Å²) in [5.74, 6) is 1.22. The summed E-state index contributed by atoms with van der Waals surface area (Å²) < 4.78 is 1.97. The van der Waals surface area contributed by atoms with Crippen LogP contribution < -0.4 is 5.32 Å². The molecule has 136 valence electrons. The van der Waals surface area contributed by atoms with Crippen LogP contribution in [-0.2, 0) is 11.3 Å². The van der Waals surface area contributed by atoms with E-state index in [0.717, 1.165) is 18.7 Å². The Morgan fingerprint density at radius 2 is 2.27 bits per heavy atom. The van der Waals surface area contributed by atoms with Crippen LogP contribution in [0.1, 0.15) is 24.6 Å². The van der Waals surface area contributed by atoms with E-state index in [9.17, 15) is 14.9 Å². The highest BCUT2D eigenvalue weighted by atomic mass is 35.5. The molecule has 1 aliphatic carbocycles. The minimum absolute atomic E-state index is 0.114. The summed E-state index contributed by atoms with van der Waals surface area (Å²) in [4.78, 5) is 22.4. The van der Waals surface area contributed by atoms with E-state index < -0.39 is 4.92 Å². The largest absolute Gasteiger partial charge is 0.324 e. The number of non-ortho nitro benzene ring substituents is 1. The monoisotopic (exact) mass is 393 g/mol. The van der Waals surface area contributed by atoms with Crippen LogP contribution in [0.25, 0.3) is 0 Å². The van der Waals surface area contributed by atoms with Crippen LogP contribution in [0.2, 0.25) is 5.02 Å². The van der Waals surface area contributed by atoms with E-state index in [1.165, 1.54) is 30.0 Å². The highest BCUT2D eigenvalue weighted by Crippen LogP contribution is 2.40. The number of nitrogens with one attached hydrogen (secondary N) is 1. The number of nitrogens with zero attached hydrogens (tertiary/aromatic N) is 4. The van der Waals surface area contributed by atoms with Gasteiger partial charge in [-0.3, -0.25) is 14.9 Å². The molecule has 1 aromatic heterocycles. The first-order chi connectivity index (χ1) is 12.5. The van der Waals surface area contributed by atoms with Crippen molar-refractivity contribution in [2.45, 2.75) is 30.5 Å². The maximum absolute atomic E-state index is 12.2. The zero-order valence-corrected chi connectivity index (χ0v) is 15.3. The summed E-state index contributed by atoms with van der Waals surface area (Å²) in [6.45, 7) is 4.34. The first kappa shape index (κ1) is 18.4. The molecule has 8 nitrogen and oxygen atoms in total. The molecular formula is C16H16ClN5O3S. The topological polar surface area (TPSA) is 103 Å². The lowest BCUT2D eigenvalue weighted by Gasteiger charge is -2.08. The van der Waals surface area contributed by atoms with Crippen LogP contribution in [0.4, 0.5) is 11.4 Å². The summed E-state index contributed by atoms with van der Waals surface area (Å²) >= 11 is 7.26. The number of hydrogen-bond acceptors (Lipinski definition) is 6. The van der Waals surface area contributed by atoms with Crippen molar-refractivity contribution in [1.82, 2.24) is 14.8 Å². The van der Waals surface area contributed by atoms with Gasteiger partial charge in [0.1, 0.15) is 5.82 Å². The van der Waals surface area contributed by atoms with E-state index >= 15 is 0 Å². The summed E-state index contributed by atoms with van der Waals surface area (Å²) in [6, 6.07) is 3.90. The maximum atomic E-state index is 12.2. The molecule has 0 atom stereocenters. The number of hydrogen-bond donors (Lipinski definition) is 1. The quantitative estimate of drug-likeness (QED) is 0.318. The molecule has 1 aromatic carbocycles. The summed E-state index contributed by atoms with van der Waals surface area (Å²) in [5, 5.41) is 22.5. The molecule has 2 aromatic rings. The molecule has 3 rings (SSSR count). The molecule has 1 amide bonds. The lowest BCUT2D eigenvalue weighted by atomic mass is 10.3. The Morgan fingerprint density at radius 3 is 2.88 bits per heavy atom. The van der Waals surface area contributed by atoms with Gasteiger partial charge < -0.3 is 9.88 Å². The fourth-order valence-electron chi connectivity index (χ4n) is 2.39. The summed E-state index contributed by atoms with van der Waals surface area (Å²) in [7, 11) is 0. The molecule has 1 saturated carbocycles. The lowest BCUT2D eigenvalue weighted by molar-refractivity contribution is -0.384. The molecule has 10 heteroatoms. The molecule has 0 aliphatic heterocycles. The van der Waals surface area contributed by atoms with Crippen LogP contribution in [0.5, 0.6) is 0 Å². The third-order valence-corrected chi connectivity index (χ3v) is 5.05. The zero-order valence-electron chi connectivity index (χ0n) is 13.7. The van der Waals surface area contributed by atoms with E-state index in [1.54, 1.807) is 6.08 Å². The first-order valence-corrected chi connectivity index (χ1v) is 9.26. The van der Waals surface area contributed by atoms with Crippen molar-refractivity contribution in [3.63, 3.8) is 0 Å². The molecule has 0 bridgehead atoms. The summed E-state index contributed by atoms with van der Waals surface area (Å²) in [5.41, 5.74) is 0.196. The van der Waals surface area contributed by atoms with Crippen molar-refractivity contribution in [3.8, 4) is 0 Å². The fraction of sp³-hybridized carbons (Fsp3) is 0.312. The van der Waals surface area contributed by atoms with Gasteiger partial charge in [0, 0.05) is 24.6 Å². The number of anilines is 1. The van der Waals surface area contributed by atoms with Gasteiger partial charge in [0.05, 0.1) is 21.4 Å². The van der Waals surface area contributed by atoms with E-state index in [1.807, 2.05) is 4.57 Å². The standard InChI is InChI=1S/C16H16ClN5O3S/c1-2-7-21-15(10-3-4-10)19-20-16(21)26-9-14(23)18-13-6-5-11(22(24)25)8-12(13)17/h2,5-6,8,10H,1,3-4,7,9H2,(H,18,23). The van der Waals surface area contributed by atoms with Gasteiger partial charge in [0.15, 0.2) is 5.16 Å². The van der Waals surface area contributed by atoms with Crippen LogP contribution in [0.15, 0.2) is 36.0 Å². The van der Waals surface area contributed by atoms with Crippen molar-refractivity contribution in [2.24, 2.45) is 0 Å². The number of carbonyl (C=O) groups excluding carboxylic acids is 1. The SMILES string of the molecule is C=CCn1c(SCC(=O)Nc2ccc([N+](=O)[O-])cc2Cl)nnc1C1CC1. The number of nitro benzene ring substituents is 1. The van der Waals surface area contributed by atoms with Crippen molar-refractivity contribution in [1.29, 1.82) is 0 Å². The maximum Gasteiger partial charge on any atom is 0.271 e. The Balaban J connectivity index is 1.62. The third-order valence-electron chi connectivity index (χ3n) is 3.77. The van der Waals surface area contributed by atoms with Gasteiger partial charge in [0.2, 0.25) is 5.91 Å². The van der Waals surface area contributed by atoms with Crippen molar-refractivity contribution >= 4 is 40.6 Å². The predicted molar refractivity (Wildman–Crippen MR) is 99.7 cm³/mol. The van der Waals surface area contributed by atoms with E-state index in [0.29, 0.717) is 23.3 Å². The normalized spacial score (nSPS) is 13.4. The average Bonchev–Trinajstić information content (AvgIpc) is 3.37. The van der Waals surface area contributed by atoms with Gasteiger partial charge in [-0.1, -0.05) is 29.4 Å². The molecule has 1 aliphatic rings. The smallest absolute Gasteiger partial charge is 0.271 e. The van der Waals surface area contributed by atoms with Crippen LogP contribution in [0, 0.1) is 10.1 Å². The summed E-state index contributed by atoms with van der Waals surface area (Å²) in [6.07, 6.45) is 3.99. The Bertz CT molecular complexity index is 866. The number of thioether (sulfide) groups is 1. The van der Waals surface area contributed by atoms with Crippen LogP contribution in [0.3, 0.4) is 0 Å². The Hall–Kier alpha value is -2.39. The lowest BCUT2D eigenvalue weighted by Crippen LogP contribution is -2.15. The van der Waals surface area contributed by atoms with Gasteiger partial charge in [-0.15, -0.1) is 16.8 Å². The second-order valence-corrected chi connectivity index (χ2v) is 7.12. The molecule has 0 saturated heterocycles. The number of nitro groups is 1.